The molecule has 0 aliphatic carbocycles. The van der Waals surface area contributed by atoms with Crippen molar-refractivity contribution >= 4 is 24.7 Å². The van der Waals surface area contributed by atoms with Crippen LogP contribution in [0.4, 0.5) is 5.69 Å². The van der Waals surface area contributed by atoms with Crippen molar-refractivity contribution in [3.05, 3.63) is 30.5 Å². The lowest BCUT2D eigenvalue weighted by molar-refractivity contribution is 0.0902. The van der Waals surface area contributed by atoms with Crippen molar-refractivity contribution in [2.24, 2.45) is 0 Å². The average Bonchev–Trinajstić information content (AvgIpc) is 2.95. The van der Waals surface area contributed by atoms with E-state index in [0.29, 0.717) is 6.73 Å². The Labute approximate surface area is 147 Å². The normalized spacial score (nSPS) is 16.9. The summed E-state index contributed by atoms with van der Waals surface area (Å²) >= 11 is 0. The first kappa shape index (κ1) is 17.5. The number of rotatable bonds is 6. The molecule has 1 aromatic heterocycles. The summed E-state index contributed by atoms with van der Waals surface area (Å²) in [6.45, 7) is 13.2. The summed E-state index contributed by atoms with van der Waals surface area (Å²) in [5.74, 6) is 0. The zero-order chi connectivity index (χ0) is 17.2. The fourth-order valence-electron chi connectivity index (χ4n) is 3.18. The fraction of sp³-hybridized carbons (Fsp3) is 0.579. The summed E-state index contributed by atoms with van der Waals surface area (Å²) in [5.41, 5.74) is 2.64. The number of anilines is 1. The van der Waals surface area contributed by atoms with Gasteiger partial charge in [-0.05, 0) is 31.3 Å². The lowest BCUT2D eigenvalue weighted by Gasteiger charge is -2.34. The van der Waals surface area contributed by atoms with Gasteiger partial charge in [0.1, 0.15) is 6.73 Å². The molecule has 1 aliphatic heterocycles. The van der Waals surface area contributed by atoms with Gasteiger partial charge in [0.15, 0.2) is 0 Å². The average molecular weight is 346 g/mol. The van der Waals surface area contributed by atoms with Crippen LogP contribution in [0.1, 0.15) is 0 Å². The second-order valence-corrected chi connectivity index (χ2v) is 13.8. The Morgan fingerprint density at radius 3 is 2.50 bits per heavy atom. The predicted molar refractivity (Wildman–Crippen MR) is 106 cm³/mol. The van der Waals surface area contributed by atoms with Crippen molar-refractivity contribution in [3.8, 4) is 0 Å². The van der Waals surface area contributed by atoms with E-state index in [0.717, 1.165) is 32.8 Å². The van der Waals surface area contributed by atoms with E-state index in [9.17, 15) is 0 Å². The van der Waals surface area contributed by atoms with Crippen molar-refractivity contribution < 1.29 is 4.74 Å². The number of aromatic nitrogens is 1. The molecule has 1 fully saturated rings. The second kappa shape index (κ2) is 7.29. The Morgan fingerprint density at radius 2 is 1.79 bits per heavy atom. The molecule has 132 valence electrons. The van der Waals surface area contributed by atoms with Crippen LogP contribution in [0.25, 0.3) is 10.9 Å². The van der Waals surface area contributed by atoms with Gasteiger partial charge < -0.3 is 19.1 Å². The van der Waals surface area contributed by atoms with Gasteiger partial charge in [-0.2, -0.15) is 0 Å². The first-order chi connectivity index (χ1) is 11.4. The molecular formula is C19H31N3OSi. The highest BCUT2D eigenvalue weighted by atomic mass is 28.3. The van der Waals surface area contributed by atoms with Crippen LogP contribution in [0, 0.1) is 0 Å². The zero-order valence-corrected chi connectivity index (χ0v) is 16.6. The van der Waals surface area contributed by atoms with Crippen molar-refractivity contribution in [1.29, 1.82) is 0 Å². The summed E-state index contributed by atoms with van der Waals surface area (Å²) < 4.78 is 8.17. The molecule has 0 spiro atoms. The maximum atomic E-state index is 5.94. The topological polar surface area (TPSA) is 20.6 Å². The Morgan fingerprint density at radius 1 is 1.04 bits per heavy atom. The number of piperazine rings is 1. The highest BCUT2D eigenvalue weighted by Crippen LogP contribution is 2.28. The number of benzene rings is 1. The molecule has 0 amide bonds. The van der Waals surface area contributed by atoms with Crippen LogP contribution in [-0.2, 0) is 11.5 Å². The minimum absolute atomic E-state index is 0.653. The van der Waals surface area contributed by atoms with Gasteiger partial charge >= 0.3 is 0 Å². The molecule has 0 N–H and O–H groups in total. The number of fused-ring (bicyclic) bond motifs is 1. The second-order valence-electron chi connectivity index (χ2n) is 8.13. The van der Waals surface area contributed by atoms with Gasteiger partial charge in [-0.15, -0.1) is 0 Å². The van der Waals surface area contributed by atoms with Gasteiger partial charge in [0.2, 0.25) is 0 Å². The molecule has 0 bridgehead atoms. The zero-order valence-electron chi connectivity index (χ0n) is 15.6. The van der Waals surface area contributed by atoms with Crippen LogP contribution in [0.3, 0.4) is 0 Å². The summed E-state index contributed by atoms with van der Waals surface area (Å²) in [4.78, 5) is 4.91. The van der Waals surface area contributed by atoms with Crippen LogP contribution in [-0.4, -0.2) is 57.4 Å². The van der Waals surface area contributed by atoms with E-state index in [1.807, 2.05) is 0 Å². The maximum absolute atomic E-state index is 5.94. The van der Waals surface area contributed by atoms with E-state index in [1.165, 1.54) is 22.6 Å². The quantitative estimate of drug-likeness (QED) is 0.588. The Kier molecular flexibility index (Phi) is 5.32. The molecule has 0 atom stereocenters. The summed E-state index contributed by atoms with van der Waals surface area (Å²) in [7, 11) is 1.19. The van der Waals surface area contributed by atoms with Gasteiger partial charge in [-0.1, -0.05) is 25.7 Å². The molecule has 1 aromatic carbocycles. The largest absolute Gasteiger partial charge is 0.368 e. The third-order valence-corrected chi connectivity index (χ3v) is 6.57. The number of ether oxygens (including phenoxy) is 1. The van der Waals surface area contributed by atoms with E-state index >= 15 is 0 Å². The number of hydrogen-bond donors (Lipinski definition) is 0. The smallest absolute Gasteiger partial charge is 0.122 e. The predicted octanol–water partition coefficient (Wildman–Crippen LogP) is 3.71. The molecule has 24 heavy (non-hydrogen) atoms. The Bertz CT molecular complexity index is 669. The first-order valence-corrected chi connectivity index (χ1v) is 12.7. The molecule has 3 rings (SSSR count). The molecular weight excluding hydrogens is 314 g/mol. The first-order valence-electron chi connectivity index (χ1n) is 9.03. The molecule has 0 radical (unpaired) electrons. The Hall–Kier alpha value is -1.30. The summed E-state index contributed by atoms with van der Waals surface area (Å²) in [5, 5.41) is 1.34. The summed E-state index contributed by atoms with van der Waals surface area (Å²) in [6, 6.07) is 10.1. The number of nitrogens with zero attached hydrogens (tertiary/aromatic N) is 3. The van der Waals surface area contributed by atoms with Crippen molar-refractivity contribution in [2.75, 3.05) is 44.7 Å². The maximum Gasteiger partial charge on any atom is 0.122 e. The van der Waals surface area contributed by atoms with Crippen LogP contribution in [0.5, 0.6) is 0 Å². The lowest BCUT2D eigenvalue weighted by atomic mass is 10.2. The molecule has 0 unspecified atom stereocenters. The highest BCUT2D eigenvalue weighted by molar-refractivity contribution is 6.76. The van der Waals surface area contributed by atoms with Crippen molar-refractivity contribution in [1.82, 2.24) is 9.47 Å². The molecule has 2 aromatic rings. The van der Waals surface area contributed by atoms with Crippen LogP contribution in [0.15, 0.2) is 30.5 Å². The standard InChI is InChI=1S/C19H31N3OSi/c1-20-10-12-21(13-11-20)18-6-5-7-19-17(18)8-9-22(19)16-23-14-15-24(2,3)4/h5-9H,10-16H2,1-4H3. The van der Waals surface area contributed by atoms with E-state index in [1.54, 1.807) is 0 Å². The molecule has 4 nitrogen and oxygen atoms in total. The van der Waals surface area contributed by atoms with Crippen molar-refractivity contribution in [2.45, 2.75) is 32.4 Å². The van der Waals surface area contributed by atoms with Gasteiger partial charge in [-0.25, -0.2) is 0 Å². The number of likely N-dealkylation sites (N-methyl/N-ethyl adjacent to an activating group) is 1. The molecule has 5 heteroatoms. The van der Waals surface area contributed by atoms with E-state index in [4.69, 9.17) is 4.74 Å². The molecule has 1 saturated heterocycles. The van der Waals surface area contributed by atoms with E-state index in [-0.39, 0.29) is 0 Å². The summed E-state index contributed by atoms with van der Waals surface area (Å²) in [6.07, 6.45) is 2.17. The molecule has 0 saturated carbocycles. The number of hydrogen-bond acceptors (Lipinski definition) is 3. The monoisotopic (exact) mass is 345 g/mol. The van der Waals surface area contributed by atoms with Gasteiger partial charge in [0.25, 0.3) is 0 Å². The highest BCUT2D eigenvalue weighted by Gasteiger charge is 2.17. The Balaban J connectivity index is 1.70. The third-order valence-electron chi connectivity index (χ3n) is 4.86. The minimum Gasteiger partial charge on any atom is -0.368 e. The molecule has 1 aliphatic rings. The third kappa shape index (κ3) is 4.21. The van der Waals surface area contributed by atoms with E-state index in [2.05, 4.69) is 71.5 Å². The minimum atomic E-state index is -1.02. The van der Waals surface area contributed by atoms with Crippen LogP contribution < -0.4 is 4.90 Å². The van der Waals surface area contributed by atoms with Gasteiger partial charge in [0, 0.05) is 58.1 Å². The van der Waals surface area contributed by atoms with Gasteiger partial charge in [-0.3, -0.25) is 0 Å². The van der Waals surface area contributed by atoms with Crippen molar-refractivity contribution in [3.63, 3.8) is 0 Å². The molecule has 2 heterocycles. The van der Waals surface area contributed by atoms with E-state index < -0.39 is 8.07 Å². The van der Waals surface area contributed by atoms with Gasteiger partial charge in [0.05, 0.1) is 5.52 Å². The fourth-order valence-corrected chi connectivity index (χ4v) is 3.94. The lowest BCUT2D eigenvalue weighted by Crippen LogP contribution is -2.44. The SMILES string of the molecule is CN1CCN(c2cccc3c2ccn3COCC[Si](C)(C)C)CC1. The van der Waals surface area contributed by atoms with Crippen LogP contribution >= 0.6 is 0 Å². The van der Waals surface area contributed by atoms with Crippen LogP contribution in [0.2, 0.25) is 25.7 Å².